The van der Waals surface area contributed by atoms with Crippen LogP contribution in [0, 0.1) is 41.7 Å². The van der Waals surface area contributed by atoms with Crippen LogP contribution >= 0.6 is 0 Å². The Morgan fingerprint density at radius 3 is 0.909 bits per heavy atom. The Hall–Kier alpha value is 1.30. The molecule has 0 atom stereocenters. The molecule has 3 heteroatoms. The summed E-state index contributed by atoms with van der Waals surface area (Å²) in [4.78, 5) is 0. The standard InChI is InChI=1S/C8H20N.Ce.H2O/c1-5-9(6-2,7-3)8-4;;/h5-8H2,1-4H3;;1H2/q+1;;/p-1. The Labute approximate surface area is 105 Å². The first-order valence-electron chi connectivity index (χ1n) is 4.09. The van der Waals surface area contributed by atoms with Crippen LogP contribution in [0.4, 0.5) is 0 Å². The van der Waals surface area contributed by atoms with E-state index in [0.717, 1.165) is 0 Å². The second-order valence-electron chi connectivity index (χ2n) is 2.61. The summed E-state index contributed by atoms with van der Waals surface area (Å²) in [5.74, 6) is 0. The largest absolute Gasteiger partial charge is 0.870 e. The second-order valence-corrected chi connectivity index (χ2v) is 2.61. The van der Waals surface area contributed by atoms with Gasteiger partial charge in [-0.15, -0.1) is 0 Å². The van der Waals surface area contributed by atoms with Gasteiger partial charge in [-0.05, 0) is 27.7 Å². The SMILES string of the molecule is CC[N+](CC)(CC)CC.[Ce].[OH-]. The van der Waals surface area contributed by atoms with Crippen LogP contribution in [0.15, 0.2) is 0 Å². The first-order chi connectivity index (χ1) is 4.24. The number of nitrogens with zero attached hydrogens (tertiary/aromatic N) is 1. The summed E-state index contributed by atoms with van der Waals surface area (Å²) in [6.07, 6.45) is 0. The van der Waals surface area contributed by atoms with Crippen LogP contribution in [-0.2, 0) is 0 Å². The Balaban J connectivity index is -0.000000320. The molecule has 0 bridgehead atoms. The summed E-state index contributed by atoms with van der Waals surface area (Å²) in [5.41, 5.74) is 0. The van der Waals surface area contributed by atoms with E-state index in [0.29, 0.717) is 0 Å². The molecule has 11 heavy (non-hydrogen) atoms. The molecule has 0 fully saturated rings. The van der Waals surface area contributed by atoms with E-state index in [9.17, 15) is 0 Å². The van der Waals surface area contributed by atoms with Crippen LogP contribution in [0.25, 0.3) is 0 Å². The first-order valence-corrected chi connectivity index (χ1v) is 4.09. The molecule has 2 nitrogen and oxygen atoms in total. The molecule has 0 saturated heterocycles. The van der Waals surface area contributed by atoms with E-state index in [2.05, 4.69) is 27.7 Å². The molecular weight excluding hydrogens is 266 g/mol. The third-order valence-corrected chi connectivity index (χ3v) is 2.68. The third-order valence-electron chi connectivity index (χ3n) is 2.68. The number of quaternary nitrogens is 1. The summed E-state index contributed by atoms with van der Waals surface area (Å²) >= 11 is 0. The van der Waals surface area contributed by atoms with Crippen molar-refractivity contribution in [2.75, 3.05) is 26.2 Å². The fourth-order valence-corrected chi connectivity index (χ4v) is 1.34. The van der Waals surface area contributed by atoms with Gasteiger partial charge in [0, 0.05) is 41.7 Å². The van der Waals surface area contributed by atoms with Gasteiger partial charge in [0.2, 0.25) is 0 Å². The minimum Gasteiger partial charge on any atom is -0.870 e. The molecule has 0 aromatic heterocycles. The van der Waals surface area contributed by atoms with E-state index in [1.807, 2.05) is 0 Å². The van der Waals surface area contributed by atoms with Crippen molar-refractivity contribution in [1.82, 2.24) is 0 Å². The van der Waals surface area contributed by atoms with E-state index < -0.39 is 0 Å². The maximum atomic E-state index is 2.27. The van der Waals surface area contributed by atoms with Crippen LogP contribution in [0.1, 0.15) is 27.7 Å². The van der Waals surface area contributed by atoms with Crippen molar-refractivity contribution in [3.05, 3.63) is 0 Å². The molecule has 0 radical (unpaired) electrons. The van der Waals surface area contributed by atoms with Gasteiger partial charge in [0.25, 0.3) is 0 Å². The van der Waals surface area contributed by atoms with Crippen molar-refractivity contribution in [2.45, 2.75) is 27.7 Å². The van der Waals surface area contributed by atoms with Crippen LogP contribution < -0.4 is 0 Å². The third kappa shape index (κ3) is 5.52. The number of hydrogen-bond acceptors (Lipinski definition) is 1. The molecule has 0 aromatic rings. The molecule has 0 saturated carbocycles. The van der Waals surface area contributed by atoms with Gasteiger partial charge in [0.1, 0.15) is 0 Å². The van der Waals surface area contributed by atoms with Crippen LogP contribution in [0.2, 0.25) is 0 Å². The summed E-state index contributed by atoms with van der Waals surface area (Å²) in [7, 11) is 0. The van der Waals surface area contributed by atoms with Crippen LogP contribution in [0.3, 0.4) is 0 Å². The zero-order chi connectivity index (χ0) is 7.33. The topological polar surface area (TPSA) is 30.0 Å². The molecule has 0 aromatic carbocycles. The zero-order valence-electron chi connectivity index (χ0n) is 8.22. The molecule has 0 heterocycles. The normalized spacial score (nSPS) is 9.82. The Morgan fingerprint density at radius 1 is 0.727 bits per heavy atom. The minimum atomic E-state index is 0. The summed E-state index contributed by atoms with van der Waals surface area (Å²) < 4.78 is 1.28. The summed E-state index contributed by atoms with van der Waals surface area (Å²) in [5, 5.41) is 0. The maximum Gasteiger partial charge on any atom is 0.0757 e. The summed E-state index contributed by atoms with van der Waals surface area (Å²) in [6.45, 7) is 14.2. The van der Waals surface area contributed by atoms with E-state index in [4.69, 9.17) is 0 Å². The number of hydrogen-bond donors (Lipinski definition) is 0. The second kappa shape index (κ2) is 9.39. The Bertz CT molecular complexity index is 57.0. The van der Waals surface area contributed by atoms with Gasteiger partial charge in [0.15, 0.2) is 0 Å². The van der Waals surface area contributed by atoms with Crippen LogP contribution in [0.5, 0.6) is 0 Å². The van der Waals surface area contributed by atoms with Crippen molar-refractivity contribution in [2.24, 2.45) is 0 Å². The van der Waals surface area contributed by atoms with E-state index in [1.54, 1.807) is 0 Å². The molecule has 0 amide bonds. The van der Waals surface area contributed by atoms with Crippen molar-refractivity contribution in [3.8, 4) is 0 Å². The molecule has 0 aliphatic heterocycles. The van der Waals surface area contributed by atoms with Gasteiger partial charge < -0.3 is 9.96 Å². The van der Waals surface area contributed by atoms with Crippen molar-refractivity contribution in [3.63, 3.8) is 0 Å². The van der Waals surface area contributed by atoms with E-state index in [-0.39, 0.29) is 47.2 Å². The van der Waals surface area contributed by atoms with Crippen molar-refractivity contribution in [1.29, 1.82) is 0 Å². The monoisotopic (exact) mass is 287 g/mol. The molecule has 0 rings (SSSR count). The van der Waals surface area contributed by atoms with Gasteiger partial charge in [-0.1, -0.05) is 0 Å². The maximum absolute atomic E-state index is 2.27. The van der Waals surface area contributed by atoms with Crippen LogP contribution in [-0.4, -0.2) is 36.1 Å². The molecule has 0 spiro atoms. The summed E-state index contributed by atoms with van der Waals surface area (Å²) in [6, 6.07) is 0. The molecule has 68 valence electrons. The fraction of sp³-hybridized carbons (Fsp3) is 1.00. The van der Waals surface area contributed by atoms with E-state index >= 15 is 0 Å². The van der Waals surface area contributed by atoms with Gasteiger partial charge in [0.05, 0.1) is 26.2 Å². The quantitative estimate of drug-likeness (QED) is 0.724. The molecule has 1 N–H and O–H groups in total. The minimum absolute atomic E-state index is 0. The molecule has 0 aliphatic carbocycles. The van der Waals surface area contributed by atoms with Gasteiger partial charge in [-0.25, -0.2) is 0 Å². The molecular formula is C8H21CeNO. The van der Waals surface area contributed by atoms with Gasteiger partial charge in [-0.3, -0.25) is 0 Å². The first kappa shape index (κ1) is 18.2. The Kier molecular flexibility index (Phi) is 15.5. The van der Waals surface area contributed by atoms with Crippen molar-refractivity contribution < 1.29 is 51.7 Å². The fourth-order valence-electron chi connectivity index (χ4n) is 1.34. The van der Waals surface area contributed by atoms with Crippen molar-refractivity contribution >= 4 is 0 Å². The van der Waals surface area contributed by atoms with Gasteiger partial charge in [-0.2, -0.15) is 0 Å². The average molecular weight is 287 g/mol. The number of rotatable bonds is 4. The van der Waals surface area contributed by atoms with Gasteiger partial charge >= 0.3 is 0 Å². The Morgan fingerprint density at radius 2 is 0.909 bits per heavy atom. The average Bonchev–Trinajstić information content (AvgIpc) is 1.95. The molecule has 0 aliphatic rings. The van der Waals surface area contributed by atoms with E-state index in [1.165, 1.54) is 30.7 Å². The smallest absolute Gasteiger partial charge is 0.0757 e. The predicted octanol–water partition coefficient (Wildman–Crippen LogP) is 1.71. The predicted molar refractivity (Wildman–Crippen MR) is 44.4 cm³/mol. The zero-order valence-corrected chi connectivity index (χ0v) is 11.4. The molecule has 0 unspecified atom stereocenters.